The van der Waals surface area contributed by atoms with Crippen molar-refractivity contribution in [1.29, 1.82) is 0 Å². The highest BCUT2D eigenvalue weighted by molar-refractivity contribution is 7.71. The van der Waals surface area contributed by atoms with Crippen LogP contribution in [0.3, 0.4) is 0 Å². The molecule has 2 aromatic heterocycles. The minimum absolute atomic E-state index is 0.249. The van der Waals surface area contributed by atoms with Gasteiger partial charge in [0.2, 0.25) is 0 Å². The molecule has 0 bridgehead atoms. The van der Waals surface area contributed by atoms with Crippen molar-refractivity contribution < 1.29 is 19.7 Å². The van der Waals surface area contributed by atoms with Crippen LogP contribution in [0, 0.1) is 4.77 Å². The molecular formula is C11H15N5O4S. The molecule has 1 aliphatic heterocycles. The molecule has 0 unspecified atom stereocenters. The average molecular weight is 313 g/mol. The summed E-state index contributed by atoms with van der Waals surface area (Å²) < 4.78 is 12.6. The number of nitrogens with two attached hydrogens (primary N) is 1. The number of nitrogen functional groups attached to an aromatic ring is 1. The van der Waals surface area contributed by atoms with Gasteiger partial charge in [-0.2, -0.15) is 0 Å². The maximum atomic E-state index is 10.4. The van der Waals surface area contributed by atoms with E-state index >= 15 is 0 Å². The predicted molar refractivity (Wildman–Crippen MR) is 74.9 cm³/mol. The summed E-state index contributed by atoms with van der Waals surface area (Å²) in [6.45, 7) is -0.279. The molecule has 114 valence electrons. The maximum Gasteiger partial charge on any atom is 0.181 e. The Labute approximate surface area is 124 Å². The van der Waals surface area contributed by atoms with Gasteiger partial charge in [-0.3, -0.25) is 4.57 Å². The van der Waals surface area contributed by atoms with E-state index in [2.05, 4.69) is 15.0 Å². The molecule has 3 rings (SSSR count). The second-order valence-corrected chi connectivity index (χ2v) is 5.08. The van der Waals surface area contributed by atoms with E-state index in [9.17, 15) is 10.2 Å². The number of aliphatic hydroxyl groups is 2. The van der Waals surface area contributed by atoms with E-state index in [0.29, 0.717) is 11.2 Å². The van der Waals surface area contributed by atoms with Gasteiger partial charge in [0.15, 0.2) is 22.5 Å². The number of aromatic amines is 1. The third-order valence-electron chi connectivity index (χ3n) is 3.55. The van der Waals surface area contributed by atoms with Gasteiger partial charge in [-0.25, -0.2) is 9.97 Å². The topological polar surface area (TPSA) is 131 Å². The first-order chi connectivity index (χ1) is 10.1. The standard InChI is InChI=1S/C11H15N5O4S/c1-19-7-4(2-17)20-10(6(7)18)16-9-5(15-11(16)21)8(12)13-3-14-9/h3-4,6-7,10,17-18H,2H2,1H3,(H,15,21)(H2,12,13,14)/t4-,6-,7-,10-/m1/s1. The van der Waals surface area contributed by atoms with Gasteiger partial charge < -0.3 is 30.4 Å². The maximum absolute atomic E-state index is 10.4. The third kappa shape index (κ3) is 2.12. The molecule has 0 saturated carbocycles. The second kappa shape index (κ2) is 5.31. The van der Waals surface area contributed by atoms with Crippen LogP contribution < -0.4 is 5.73 Å². The van der Waals surface area contributed by atoms with Crippen LogP contribution >= 0.6 is 12.2 Å². The number of methoxy groups -OCH3 is 1. The van der Waals surface area contributed by atoms with Gasteiger partial charge in [-0.1, -0.05) is 0 Å². The molecule has 1 saturated heterocycles. The molecule has 0 radical (unpaired) electrons. The van der Waals surface area contributed by atoms with Crippen molar-refractivity contribution in [2.24, 2.45) is 0 Å². The van der Waals surface area contributed by atoms with Crippen molar-refractivity contribution in [3.63, 3.8) is 0 Å². The molecule has 0 aliphatic carbocycles. The first-order valence-electron chi connectivity index (χ1n) is 6.26. The Hall–Kier alpha value is -1.59. The molecule has 2 aromatic rings. The number of nitrogens with one attached hydrogen (secondary N) is 1. The number of hydrogen-bond acceptors (Lipinski definition) is 8. The van der Waals surface area contributed by atoms with Crippen LogP contribution in [0.4, 0.5) is 5.82 Å². The number of aromatic nitrogens is 4. The zero-order valence-electron chi connectivity index (χ0n) is 11.1. The summed E-state index contributed by atoms with van der Waals surface area (Å²) in [6, 6.07) is 0. The lowest BCUT2D eigenvalue weighted by Gasteiger charge is -2.18. The quantitative estimate of drug-likeness (QED) is 0.549. The Bertz CT molecular complexity index is 716. The molecule has 4 atom stereocenters. The van der Waals surface area contributed by atoms with Gasteiger partial charge in [0.1, 0.15) is 30.2 Å². The first-order valence-corrected chi connectivity index (χ1v) is 6.67. The molecule has 21 heavy (non-hydrogen) atoms. The van der Waals surface area contributed by atoms with Gasteiger partial charge in [0, 0.05) is 7.11 Å². The summed E-state index contributed by atoms with van der Waals surface area (Å²) in [7, 11) is 1.44. The number of rotatable bonds is 3. The van der Waals surface area contributed by atoms with Crippen LogP contribution in [-0.4, -0.2) is 61.8 Å². The number of imidazole rings is 1. The average Bonchev–Trinajstić information content (AvgIpc) is 2.96. The van der Waals surface area contributed by atoms with Crippen molar-refractivity contribution in [2.75, 3.05) is 19.5 Å². The molecule has 10 heteroatoms. The van der Waals surface area contributed by atoms with Crippen molar-refractivity contribution >= 4 is 29.2 Å². The normalized spacial score (nSPS) is 29.3. The minimum atomic E-state index is -1.01. The summed E-state index contributed by atoms with van der Waals surface area (Å²) in [5.41, 5.74) is 6.66. The predicted octanol–water partition coefficient (Wildman–Crippen LogP) is -0.663. The molecule has 0 aromatic carbocycles. The monoisotopic (exact) mass is 313 g/mol. The van der Waals surface area contributed by atoms with E-state index in [4.69, 9.17) is 27.4 Å². The van der Waals surface area contributed by atoms with Gasteiger partial charge in [-0.15, -0.1) is 0 Å². The van der Waals surface area contributed by atoms with Crippen molar-refractivity contribution in [3.05, 3.63) is 11.1 Å². The summed E-state index contributed by atoms with van der Waals surface area (Å²) in [5.74, 6) is 0.249. The molecule has 0 spiro atoms. The highest BCUT2D eigenvalue weighted by Gasteiger charge is 2.45. The van der Waals surface area contributed by atoms with Crippen LogP contribution in [0.25, 0.3) is 11.2 Å². The Morgan fingerprint density at radius 2 is 2.33 bits per heavy atom. The fourth-order valence-electron chi connectivity index (χ4n) is 2.56. The van der Waals surface area contributed by atoms with Crippen molar-refractivity contribution in [3.8, 4) is 0 Å². The highest BCUT2D eigenvalue weighted by atomic mass is 32.1. The highest BCUT2D eigenvalue weighted by Crippen LogP contribution is 2.33. The number of hydrogen-bond donors (Lipinski definition) is 4. The van der Waals surface area contributed by atoms with Crippen LogP contribution in [0.2, 0.25) is 0 Å². The lowest BCUT2D eigenvalue weighted by molar-refractivity contribution is -0.0540. The zero-order valence-corrected chi connectivity index (χ0v) is 11.9. The molecule has 5 N–H and O–H groups in total. The Kier molecular flexibility index (Phi) is 3.63. The molecule has 1 fully saturated rings. The molecule has 9 nitrogen and oxygen atoms in total. The molecular weight excluding hydrogens is 298 g/mol. The van der Waals surface area contributed by atoms with E-state index < -0.39 is 24.5 Å². The van der Waals surface area contributed by atoms with E-state index in [0.717, 1.165) is 0 Å². The van der Waals surface area contributed by atoms with Crippen LogP contribution in [0.15, 0.2) is 6.33 Å². The number of nitrogens with zero attached hydrogens (tertiary/aromatic N) is 3. The number of fused-ring (bicyclic) bond motifs is 1. The van der Waals surface area contributed by atoms with E-state index in [1.807, 2.05) is 0 Å². The fourth-order valence-corrected chi connectivity index (χ4v) is 2.85. The Morgan fingerprint density at radius 1 is 1.57 bits per heavy atom. The summed E-state index contributed by atoms with van der Waals surface area (Å²) >= 11 is 5.24. The van der Waals surface area contributed by atoms with E-state index in [1.54, 1.807) is 0 Å². The lowest BCUT2D eigenvalue weighted by Crippen LogP contribution is -2.35. The smallest absolute Gasteiger partial charge is 0.181 e. The third-order valence-corrected chi connectivity index (χ3v) is 3.85. The Morgan fingerprint density at radius 3 is 2.95 bits per heavy atom. The number of anilines is 1. The molecule has 0 amide bonds. The van der Waals surface area contributed by atoms with Gasteiger partial charge in [-0.05, 0) is 12.2 Å². The fraction of sp³-hybridized carbons (Fsp3) is 0.545. The zero-order chi connectivity index (χ0) is 15.1. The lowest BCUT2D eigenvalue weighted by atomic mass is 10.1. The first kappa shape index (κ1) is 14.4. The van der Waals surface area contributed by atoms with E-state index in [-0.39, 0.29) is 17.2 Å². The van der Waals surface area contributed by atoms with Crippen molar-refractivity contribution in [1.82, 2.24) is 19.5 Å². The SMILES string of the molecule is CO[C@H]1[C@@H](O)[C@H](n2c(=S)[nH]c3c(N)ncnc32)O[C@@H]1CO. The van der Waals surface area contributed by atoms with Gasteiger partial charge >= 0.3 is 0 Å². The number of ether oxygens (including phenoxy) is 2. The minimum Gasteiger partial charge on any atom is -0.394 e. The summed E-state index contributed by atoms with van der Waals surface area (Å²) in [6.07, 6.45) is -1.85. The van der Waals surface area contributed by atoms with Crippen LogP contribution in [-0.2, 0) is 9.47 Å². The number of aliphatic hydroxyl groups excluding tert-OH is 2. The molecule has 3 heterocycles. The van der Waals surface area contributed by atoms with E-state index in [1.165, 1.54) is 18.0 Å². The Balaban J connectivity index is 2.11. The summed E-state index contributed by atoms with van der Waals surface area (Å²) in [5, 5.41) is 19.7. The van der Waals surface area contributed by atoms with Crippen molar-refractivity contribution in [2.45, 2.75) is 24.5 Å². The second-order valence-electron chi connectivity index (χ2n) is 4.70. The number of H-pyrrole nitrogens is 1. The van der Waals surface area contributed by atoms with Crippen LogP contribution in [0.1, 0.15) is 6.23 Å². The van der Waals surface area contributed by atoms with Gasteiger partial charge in [0.25, 0.3) is 0 Å². The molecule has 1 aliphatic rings. The summed E-state index contributed by atoms with van der Waals surface area (Å²) in [4.78, 5) is 10.9. The largest absolute Gasteiger partial charge is 0.394 e. The van der Waals surface area contributed by atoms with Crippen LogP contribution in [0.5, 0.6) is 0 Å². The van der Waals surface area contributed by atoms with Gasteiger partial charge in [0.05, 0.1) is 6.61 Å².